The molecule has 1 atom stereocenters. The lowest BCUT2D eigenvalue weighted by Crippen LogP contribution is -2.29. The summed E-state index contributed by atoms with van der Waals surface area (Å²) < 4.78 is 25.4. The molecule has 4 nitrogen and oxygen atoms in total. The zero-order valence-electron chi connectivity index (χ0n) is 14.6. The minimum Gasteiger partial charge on any atom is -0.460 e. The van der Waals surface area contributed by atoms with E-state index in [4.69, 9.17) is 20.8 Å². The number of Topliss-reactive ketones (excluding diaryl/α,β-unsaturated/α-hetero) is 1. The smallest absolute Gasteiger partial charge is 0.344 e. The van der Waals surface area contributed by atoms with Crippen LogP contribution >= 0.6 is 11.6 Å². The van der Waals surface area contributed by atoms with Crippen molar-refractivity contribution in [3.05, 3.63) is 86.2 Å². The van der Waals surface area contributed by atoms with Gasteiger partial charge in [0.2, 0.25) is 0 Å². The van der Waals surface area contributed by atoms with Crippen LogP contribution in [0.15, 0.2) is 63.0 Å². The van der Waals surface area contributed by atoms with E-state index in [0.717, 1.165) is 0 Å². The highest BCUT2D eigenvalue weighted by Crippen LogP contribution is 2.47. The van der Waals surface area contributed by atoms with Gasteiger partial charge in [-0.25, -0.2) is 9.18 Å². The molecule has 3 aromatic rings. The van der Waals surface area contributed by atoms with Crippen molar-refractivity contribution in [3.8, 4) is 5.75 Å². The highest BCUT2D eigenvalue weighted by Gasteiger charge is 2.40. The molecule has 0 fully saturated rings. The van der Waals surface area contributed by atoms with Crippen LogP contribution in [-0.4, -0.2) is 5.78 Å². The molecular weight excluding hydrogens is 383 g/mol. The van der Waals surface area contributed by atoms with Crippen LogP contribution in [0.2, 0.25) is 5.02 Å². The van der Waals surface area contributed by atoms with Gasteiger partial charge in [-0.3, -0.25) is 4.79 Å². The molecule has 2 aromatic carbocycles. The van der Waals surface area contributed by atoms with Crippen molar-refractivity contribution in [1.82, 2.24) is 0 Å². The standard InChI is InChI=1S/C22H14ClFO4/c23-12-4-1-3-11(9-12)18-19-15(25)5-2-6-17(19)27-21-14-10-13(24)7-8-16(14)28-22(26)20(18)21/h1,3-4,7-10,18H,2,5-6H2. The average Bonchev–Trinajstić information content (AvgIpc) is 2.67. The first kappa shape index (κ1) is 17.2. The molecule has 5 rings (SSSR count). The number of benzene rings is 2. The molecule has 0 bridgehead atoms. The van der Waals surface area contributed by atoms with Crippen molar-refractivity contribution in [2.24, 2.45) is 0 Å². The van der Waals surface area contributed by atoms with Gasteiger partial charge in [-0.05, 0) is 42.3 Å². The minimum absolute atomic E-state index is 0.0596. The molecule has 28 heavy (non-hydrogen) atoms. The van der Waals surface area contributed by atoms with E-state index in [1.165, 1.54) is 18.2 Å². The third-order valence-electron chi connectivity index (χ3n) is 5.25. The zero-order chi connectivity index (χ0) is 19.4. The first-order chi connectivity index (χ1) is 13.5. The summed E-state index contributed by atoms with van der Waals surface area (Å²) in [5.41, 5.74) is 0.992. The highest BCUT2D eigenvalue weighted by atomic mass is 35.5. The first-order valence-electron chi connectivity index (χ1n) is 8.99. The van der Waals surface area contributed by atoms with Gasteiger partial charge in [-0.15, -0.1) is 0 Å². The molecule has 6 heteroatoms. The quantitative estimate of drug-likeness (QED) is 0.536. The van der Waals surface area contributed by atoms with Crippen molar-refractivity contribution in [1.29, 1.82) is 0 Å². The Morgan fingerprint density at radius 3 is 2.75 bits per heavy atom. The van der Waals surface area contributed by atoms with Crippen LogP contribution in [0.25, 0.3) is 11.0 Å². The van der Waals surface area contributed by atoms with Crippen molar-refractivity contribution in [2.75, 3.05) is 0 Å². The van der Waals surface area contributed by atoms with Gasteiger partial charge >= 0.3 is 5.63 Å². The molecule has 0 N–H and O–H groups in total. The van der Waals surface area contributed by atoms with Gasteiger partial charge in [-0.1, -0.05) is 23.7 Å². The van der Waals surface area contributed by atoms with Gasteiger partial charge < -0.3 is 9.15 Å². The van der Waals surface area contributed by atoms with E-state index in [-0.39, 0.29) is 22.7 Å². The second-order valence-corrected chi connectivity index (χ2v) is 7.41. The largest absolute Gasteiger partial charge is 0.460 e. The van der Waals surface area contributed by atoms with Gasteiger partial charge in [0.15, 0.2) is 5.78 Å². The van der Waals surface area contributed by atoms with Crippen molar-refractivity contribution >= 4 is 28.4 Å². The molecule has 0 amide bonds. The predicted octanol–water partition coefficient (Wildman–Crippen LogP) is 5.12. The number of carbonyl (C=O) groups excluding carboxylic acids is 1. The number of fused-ring (bicyclic) bond motifs is 3. The molecule has 0 saturated carbocycles. The van der Waals surface area contributed by atoms with Crippen LogP contribution < -0.4 is 10.4 Å². The van der Waals surface area contributed by atoms with Crippen molar-refractivity contribution in [3.63, 3.8) is 0 Å². The molecule has 1 aliphatic heterocycles. The Kier molecular flexibility index (Phi) is 3.88. The van der Waals surface area contributed by atoms with Crippen LogP contribution in [0.3, 0.4) is 0 Å². The fourth-order valence-corrected chi connectivity index (χ4v) is 4.27. The Morgan fingerprint density at radius 2 is 1.93 bits per heavy atom. The molecule has 1 unspecified atom stereocenters. The van der Waals surface area contributed by atoms with E-state index >= 15 is 0 Å². The summed E-state index contributed by atoms with van der Waals surface area (Å²) in [6, 6.07) is 10.9. The Balaban J connectivity index is 1.87. The third kappa shape index (κ3) is 2.58. The fraction of sp³-hybridized carbons (Fsp3) is 0.182. The third-order valence-corrected chi connectivity index (χ3v) is 5.48. The Labute approximate surface area is 164 Å². The maximum Gasteiger partial charge on any atom is 0.344 e. The molecule has 0 radical (unpaired) electrons. The molecule has 2 aliphatic rings. The molecule has 140 valence electrons. The van der Waals surface area contributed by atoms with Crippen LogP contribution in [0.4, 0.5) is 4.39 Å². The van der Waals surface area contributed by atoms with Gasteiger partial charge in [-0.2, -0.15) is 0 Å². The highest BCUT2D eigenvalue weighted by molar-refractivity contribution is 6.30. The SMILES string of the molecule is O=C1CCCC2=C1C(c1cccc(Cl)c1)c1c(c3cc(F)ccc3oc1=O)O2. The lowest BCUT2D eigenvalue weighted by Gasteiger charge is -2.32. The van der Waals surface area contributed by atoms with Gasteiger partial charge in [0.1, 0.15) is 22.9 Å². The Bertz CT molecular complexity index is 1240. The maximum atomic E-state index is 13.9. The van der Waals surface area contributed by atoms with E-state index in [1.807, 2.05) is 6.07 Å². The van der Waals surface area contributed by atoms with E-state index in [0.29, 0.717) is 46.6 Å². The number of ketones is 1. The Morgan fingerprint density at radius 1 is 1.07 bits per heavy atom. The number of hydrogen-bond acceptors (Lipinski definition) is 4. The summed E-state index contributed by atoms with van der Waals surface area (Å²) in [5.74, 6) is -0.398. The predicted molar refractivity (Wildman–Crippen MR) is 102 cm³/mol. The lowest BCUT2D eigenvalue weighted by atomic mass is 9.77. The van der Waals surface area contributed by atoms with Crippen LogP contribution in [0.5, 0.6) is 5.75 Å². The molecule has 1 aromatic heterocycles. The van der Waals surface area contributed by atoms with Crippen molar-refractivity contribution in [2.45, 2.75) is 25.2 Å². The minimum atomic E-state index is -0.658. The second-order valence-electron chi connectivity index (χ2n) is 6.98. The van der Waals surface area contributed by atoms with E-state index in [1.54, 1.807) is 18.2 Å². The lowest BCUT2D eigenvalue weighted by molar-refractivity contribution is -0.116. The Hall–Kier alpha value is -2.92. The molecule has 1 aliphatic carbocycles. The summed E-state index contributed by atoms with van der Waals surface area (Å²) in [5, 5.41) is 0.860. The van der Waals surface area contributed by atoms with Gasteiger partial charge in [0.25, 0.3) is 0 Å². The van der Waals surface area contributed by atoms with Gasteiger partial charge in [0.05, 0.1) is 16.9 Å². The molecule has 2 heterocycles. The number of halogens is 2. The molecule has 0 spiro atoms. The molecular formula is C22H14ClFO4. The first-order valence-corrected chi connectivity index (χ1v) is 9.36. The normalized spacial score (nSPS) is 18.6. The summed E-state index contributed by atoms with van der Waals surface area (Å²) in [6.07, 6.45) is 1.64. The number of allylic oxidation sites excluding steroid dienone is 2. The second kappa shape index (κ2) is 6.31. The van der Waals surface area contributed by atoms with E-state index in [2.05, 4.69) is 0 Å². The number of carbonyl (C=O) groups is 1. The monoisotopic (exact) mass is 396 g/mol. The van der Waals surface area contributed by atoms with Crippen LogP contribution in [0.1, 0.15) is 36.3 Å². The fourth-order valence-electron chi connectivity index (χ4n) is 4.07. The van der Waals surface area contributed by atoms with Crippen LogP contribution in [0, 0.1) is 5.82 Å². The summed E-state index contributed by atoms with van der Waals surface area (Å²) in [6.45, 7) is 0. The number of ether oxygens (including phenoxy) is 1. The number of rotatable bonds is 1. The van der Waals surface area contributed by atoms with Crippen LogP contribution in [-0.2, 0) is 4.79 Å². The summed E-state index contributed by atoms with van der Waals surface area (Å²) >= 11 is 6.17. The van der Waals surface area contributed by atoms with E-state index in [9.17, 15) is 14.0 Å². The van der Waals surface area contributed by atoms with Crippen molar-refractivity contribution < 1.29 is 18.3 Å². The summed E-state index contributed by atoms with van der Waals surface area (Å²) in [4.78, 5) is 25.7. The maximum absolute atomic E-state index is 13.9. The zero-order valence-corrected chi connectivity index (χ0v) is 15.4. The number of hydrogen-bond donors (Lipinski definition) is 0. The topological polar surface area (TPSA) is 56.5 Å². The summed E-state index contributed by atoms with van der Waals surface area (Å²) in [7, 11) is 0. The van der Waals surface area contributed by atoms with E-state index < -0.39 is 17.4 Å². The molecule has 0 saturated heterocycles. The average molecular weight is 397 g/mol. The van der Waals surface area contributed by atoms with Gasteiger partial charge in [0, 0.05) is 23.4 Å².